The van der Waals surface area contributed by atoms with E-state index in [-0.39, 0.29) is 12.0 Å². The lowest BCUT2D eigenvalue weighted by molar-refractivity contribution is -0.154. The SMILES string of the molecule is Cc1cccc(C)c1NC(=O)NCCCC(=O)OC(C)(C)C. The van der Waals surface area contributed by atoms with E-state index in [2.05, 4.69) is 10.6 Å². The highest BCUT2D eigenvalue weighted by Gasteiger charge is 2.15. The summed E-state index contributed by atoms with van der Waals surface area (Å²) in [6.07, 6.45) is 0.843. The number of amides is 2. The first-order chi connectivity index (χ1) is 10.2. The van der Waals surface area contributed by atoms with Gasteiger partial charge in [0.05, 0.1) is 0 Å². The lowest BCUT2D eigenvalue weighted by Crippen LogP contribution is -2.31. The van der Waals surface area contributed by atoms with Crippen LogP contribution in [0.4, 0.5) is 10.5 Å². The van der Waals surface area contributed by atoms with Crippen molar-refractivity contribution in [3.63, 3.8) is 0 Å². The number of anilines is 1. The maximum Gasteiger partial charge on any atom is 0.319 e. The highest BCUT2D eigenvalue weighted by molar-refractivity contribution is 5.90. The Morgan fingerprint density at radius 2 is 1.73 bits per heavy atom. The fourth-order valence-corrected chi connectivity index (χ4v) is 2.00. The highest BCUT2D eigenvalue weighted by atomic mass is 16.6. The van der Waals surface area contributed by atoms with E-state index in [0.717, 1.165) is 16.8 Å². The van der Waals surface area contributed by atoms with Gasteiger partial charge in [0.2, 0.25) is 0 Å². The highest BCUT2D eigenvalue weighted by Crippen LogP contribution is 2.19. The van der Waals surface area contributed by atoms with E-state index in [9.17, 15) is 9.59 Å². The number of carbonyl (C=O) groups is 2. The predicted octanol–water partition coefficient (Wildman–Crippen LogP) is 3.55. The van der Waals surface area contributed by atoms with E-state index in [0.29, 0.717) is 19.4 Å². The fourth-order valence-electron chi connectivity index (χ4n) is 2.00. The molecule has 0 saturated carbocycles. The van der Waals surface area contributed by atoms with Crippen molar-refractivity contribution >= 4 is 17.7 Å². The molecule has 0 unspecified atom stereocenters. The van der Waals surface area contributed by atoms with Crippen LogP contribution in [0, 0.1) is 13.8 Å². The molecule has 1 aromatic carbocycles. The third-order valence-electron chi connectivity index (χ3n) is 2.98. The minimum atomic E-state index is -0.468. The van der Waals surface area contributed by atoms with Crippen LogP contribution in [0.25, 0.3) is 0 Å². The molecule has 0 bridgehead atoms. The molecule has 1 rings (SSSR count). The minimum absolute atomic E-state index is 0.246. The predicted molar refractivity (Wildman–Crippen MR) is 88.0 cm³/mol. The Bertz CT molecular complexity index is 513. The van der Waals surface area contributed by atoms with Gasteiger partial charge in [0.25, 0.3) is 0 Å². The monoisotopic (exact) mass is 306 g/mol. The van der Waals surface area contributed by atoms with Gasteiger partial charge in [-0.15, -0.1) is 0 Å². The zero-order valence-corrected chi connectivity index (χ0v) is 14.1. The number of hydrogen-bond acceptors (Lipinski definition) is 3. The van der Waals surface area contributed by atoms with Crippen LogP contribution in [-0.4, -0.2) is 24.1 Å². The summed E-state index contributed by atoms with van der Waals surface area (Å²) >= 11 is 0. The van der Waals surface area contributed by atoms with Crippen molar-refractivity contribution in [1.82, 2.24) is 5.32 Å². The maximum absolute atomic E-state index is 11.9. The second-order valence-corrected chi connectivity index (χ2v) is 6.34. The summed E-state index contributed by atoms with van der Waals surface area (Å²) in [5.74, 6) is -0.246. The topological polar surface area (TPSA) is 67.4 Å². The van der Waals surface area contributed by atoms with Gasteiger partial charge in [-0.2, -0.15) is 0 Å². The average molecular weight is 306 g/mol. The average Bonchev–Trinajstić information content (AvgIpc) is 2.37. The molecule has 0 aliphatic carbocycles. The first-order valence-electron chi connectivity index (χ1n) is 7.52. The maximum atomic E-state index is 11.9. The Morgan fingerprint density at radius 1 is 1.14 bits per heavy atom. The number of esters is 1. The number of para-hydroxylation sites is 1. The number of rotatable bonds is 5. The van der Waals surface area contributed by atoms with Crippen LogP contribution in [0.5, 0.6) is 0 Å². The molecule has 122 valence electrons. The first-order valence-corrected chi connectivity index (χ1v) is 7.52. The van der Waals surface area contributed by atoms with Crippen LogP contribution < -0.4 is 10.6 Å². The Labute approximate surface area is 132 Å². The molecule has 0 radical (unpaired) electrons. The molecule has 2 N–H and O–H groups in total. The Morgan fingerprint density at radius 3 is 2.27 bits per heavy atom. The van der Waals surface area contributed by atoms with Gasteiger partial charge >= 0.3 is 12.0 Å². The van der Waals surface area contributed by atoms with Crippen molar-refractivity contribution in [2.24, 2.45) is 0 Å². The van der Waals surface area contributed by atoms with Crippen molar-refractivity contribution in [2.75, 3.05) is 11.9 Å². The number of urea groups is 1. The second-order valence-electron chi connectivity index (χ2n) is 6.34. The molecule has 5 nitrogen and oxygen atoms in total. The van der Waals surface area contributed by atoms with Gasteiger partial charge in [0.1, 0.15) is 5.60 Å². The molecule has 0 aliphatic heterocycles. The van der Waals surface area contributed by atoms with Crippen LogP contribution >= 0.6 is 0 Å². The molecular formula is C17H26N2O3. The van der Waals surface area contributed by atoms with E-state index in [4.69, 9.17) is 4.74 Å². The fraction of sp³-hybridized carbons (Fsp3) is 0.529. The largest absolute Gasteiger partial charge is 0.460 e. The van der Waals surface area contributed by atoms with Crippen LogP contribution in [0.1, 0.15) is 44.7 Å². The lowest BCUT2D eigenvalue weighted by atomic mass is 10.1. The number of nitrogens with one attached hydrogen (secondary N) is 2. The van der Waals surface area contributed by atoms with Gasteiger partial charge in [0, 0.05) is 18.7 Å². The van der Waals surface area contributed by atoms with Crippen LogP contribution in [-0.2, 0) is 9.53 Å². The summed E-state index contributed by atoms with van der Waals surface area (Å²) in [4.78, 5) is 23.4. The molecule has 2 amide bonds. The first kappa shape index (κ1) is 18.0. The molecular weight excluding hydrogens is 280 g/mol. The van der Waals surface area contributed by atoms with E-state index < -0.39 is 5.60 Å². The van der Waals surface area contributed by atoms with Gasteiger partial charge < -0.3 is 15.4 Å². The summed E-state index contributed by atoms with van der Waals surface area (Å²) in [6, 6.07) is 5.59. The van der Waals surface area contributed by atoms with Crippen molar-refractivity contribution in [1.29, 1.82) is 0 Å². The smallest absolute Gasteiger partial charge is 0.319 e. The molecule has 0 saturated heterocycles. The van der Waals surface area contributed by atoms with Crippen LogP contribution in [0.15, 0.2) is 18.2 Å². The Hall–Kier alpha value is -2.04. The Balaban J connectivity index is 2.31. The van der Waals surface area contributed by atoms with Crippen LogP contribution in [0.3, 0.4) is 0 Å². The number of ether oxygens (including phenoxy) is 1. The number of hydrogen-bond donors (Lipinski definition) is 2. The molecule has 5 heteroatoms. The zero-order chi connectivity index (χ0) is 16.8. The number of carbonyl (C=O) groups excluding carboxylic acids is 2. The van der Waals surface area contributed by atoms with Gasteiger partial charge in [-0.05, 0) is 52.2 Å². The normalized spacial score (nSPS) is 11.0. The molecule has 1 aromatic rings. The van der Waals surface area contributed by atoms with E-state index >= 15 is 0 Å². The van der Waals surface area contributed by atoms with Crippen molar-refractivity contribution in [3.8, 4) is 0 Å². The third-order valence-corrected chi connectivity index (χ3v) is 2.98. The third kappa shape index (κ3) is 6.61. The van der Waals surface area contributed by atoms with Crippen LogP contribution in [0.2, 0.25) is 0 Å². The molecule has 0 fully saturated rings. The summed E-state index contributed by atoms with van der Waals surface area (Å²) in [5, 5.41) is 5.58. The molecule has 0 aromatic heterocycles. The number of aryl methyl sites for hydroxylation is 2. The zero-order valence-electron chi connectivity index (χ0n) is 14.1. The molecule has 0 heterocycles. The van der Waals surface area contributed by atoms with Gasteiger partial charge in [-0.25, -0.2) is 4.79 Å². The molecule has 0 spiro atoms. The summed E-state index contributed by atoms with van der Waals surface area (Å²) in [6.45, 7) is 9.83. The quantitative estimate of drug-likeness (QED) is 0.646. The van der Waals surface area contributed by atoms with Gasteiger partial charge in [0.15, 0.2) is 0 Å². The Kier molecular flexibility index (Phi) is 6.40. The van der Waals surface area contributed by atoms with Gasteiger partial charge in [-0.1, -0.05) is 18.2 Å². The summed E-state index contributed by atoms with van der Waals surface area (Å²) in [7, 11) is 0. The summed E-state index contributed by atoms with van der Waals surface area (Å²) in [5.41, 5.74) is 2.39. The van der Waals surface area contributed by atoms with E-state index in [1.807, 2.05) is 52.8 Å². The second kappa shape index (κ2) is 7.82. The van der Waals surface area contributed by atoms with E-state index in [1.54, 1.807) is 0 Å². The number of benzene rings is 1. The van der Waals surface area contributed by atoms with E-state index in [1.165, 1.54) is 0 Å². The van der Waals surface area contributed by atoms with Crippen molar-refractivity contribution in [3.05, 3.63) is 29.3 Å². The standard InChI is InChI=1S/C17H26N2O3/c1-12-8-6-9-13(2)15(12)19-16(21)18-11-7-10-14(20)22-17(3,4)5/h6,8-9H,7,10-11H2,1-5H3,(H2,18,19,21). The summed E-state index contributed by atoms with van der Waals surface area (Å²) < 4.78 is 5.20. The molecule has 0 aliphatic rings. The lowest BCUT2D eigenvalue weighted by Gasteiger charge is -2.19. The molecule has 0 atom stereocenters. The van der Waals surface area contributed by atoms with Crippen molar-refractivity contribution in [2.45, 2.75) is 53.1 Å². The molecule has 22 heavy (non-hydrogen) atoms. The van der Waals surface area contributed by atoms with Gasteiger partial charge in [-0.3, -0.25) is 4.79 Å². The minimum Gasteiger partial charge on any atom is -0.460 e. The van der Waals surface area contributed by atoms with Crippen molar-refractivity contribution < 1.29 is 14.3 Å².